The van der Waals surface area contributed by atoms with Gasteiger partial charge in [-0.25, -0.2) is 9.59 Å². The third kappa shape index (κ3) is 11.4. The number of hydrogen-bond donors (Lipinski definition) is 0. The second kappa shape index (κ2) is 17.6. The molecule has 3 rings (SSSR count). The maximum Gasteiger partial charge on any atom is 0.343 e. The van der Waals surface area contributed by atoms with Crippen LogP contribution in [0.25, 0.3) is 0 Å². The topological polar surface area (TPSA) is 80.3 Å². The van der Waals surface area contributed by atoms with E-state index in [1.807, 2.05) is 0 Å². The number of carbonyl (C=O) groups excluding carboxylic acids is 2. The van der Waals surface area contributed by atoms with Crippen molar-refractivity contribution >= 4 is 11.9 Å². The summed E-state index contributed by atoms with van der Waals surface area (Å²) in [5.41, 5.74) is 0.760. The lowest BCUT2D eigenvalue weighted by molar-refractivity contribution is -0.213. The molecule has 1 heterocycles. The first-order valence-corrected chi connectivity index (χ1v) is 14.6. The van der Waals surface area contributed by atoms with Crippen LogP contribution >= 0.6 is 0 Å². The van der Waals surface area contributed by atoms with E-state index < -0.39 is 18.2 Å². The van der Waals surface area contributed by atoms with Gasteiger partial charge in [-0.05, 0) is 61.4 Å². The first-order chi connectivity index (χ1) is 19.1. The Balaban J connectivity index is 1.36. The molecule has 7 nitrogen and oxygen atoms in total. The number of esters is 2. The number of carbonyl (C=O) groups is 2. The van der Waals surface area contributed by atoms with Crippen molar-refractivity contribution in [1.29, 1.82) is 0 Å². The van der Waals surface area contributed by atoms with Gasteiger partial charge < -0.3 is 23.7 Å². The Bertz CT molecular complexity index is 963. The zero-order valence-corrected chi connectivity index (χ0v) is 23.5. The summed E-state index contributed by atoms with van der Waals surface area (Å²) in [5.74, 6) is 0.0742. The lowest BCUT2D eigenvalue weighted by atomic mass is 10.1. The normalized spacial score (nSPS) is 17.0. The minimum atomic E-state index is -0.723. The minimum absolute atomic E-state index is 0.0552. The smallest absolute Gasteiger partial charge is 0.343 e. The summed E-state index contributed by atoms with van der Waals surface area (Å²) in [6.07, 6.45) is 12.3. The van der Waals surface area contributed by atoms with Gasteiger partial charge in [-0.1, -0.05) is 71.6 Å². The largest absolute Gasteiger partial charge is 0.494 e. The molecule has 0 unspecified atom stereocenters. The molecule has 0 spiro atoms. The van der Waals surface area contributed by atoms with Crippen LogP contribution in [0.1, 0.15) is 105 Å². The zero-order chi connectivity index (χ0) is 27.7. The molecule has 0 bridgehead atoms. The molecule has 0 radical (unpaired) electrons. The summed E-state index contributed by atoms with van der Waals surface area (Å²) in [6, 6.07) is 13.2. The summed E-state index contributed by atoms with van der Waals surface area (Å²) in [7, 11) is 0. The number of benzene rings is 2. The van der Waals surface area contributed by atoms with Crippen LogP contribution in [-0.2, 0) is 14.2 Å². The van der Waals surface area contributed by atoms with E-state index in [9.17, 15) is 9.59 Å². The van der Waals surface area contributed by atoms with Crippen molar-refractivity contribution in [3.8, 4) is 11.5 Å². The highest BCUT2D eigenvalue weighted by Gasteiger charge is 2.25. The Morgan fingerprint density at radius 2 is 1.28 bits per heavy atom. The Hall–Kier alpha value is -2.90. The van der Waals surface area contributed by atoms with Crippen molar-refractivity contribution in [3.63, 3.8) is 0 Å². The summed E-state index contributed by atoms with van der Waals surface area (Å²) >= 11 is 0. The van der Waals surface area contributed by atoms with Crippen LogP contribution in [0.15, 0.2) is 48.5 Å². The molecule has 1 aliphatic rings. The molecule has 1 saturated heterocycles. The average molecular weight is 541 g/mol. The fourth-order valence-electron chi connectivity index (χ4n) is 4.33. The zero-order valence-electron chi connectivity index (χ0n) is 23.5. The van der Waals surface area contributed by atoms with E-state index in [1.165, 1.54) is 51.4 Å². The second-order valence-electron chi connectivity index (χ2n) is 10.0. The third-order valence-electron chi connectivity index (χ3n) is 6.71. The van der Waals surface area contributed by atoms with Gasteiger partial charge in [0.05, 0.1) is 30.4 Å². The van der Waals surface area contributed by atoms with Crippen molar-refractivity contribution in [3.05, 3.63) is 59.7 Å². The number of unbranched alkanes of at least 4 members (excludes halogenated alkanes) is 8. The van der Waals surface area contributed by atoms with Crippen molar-refractivity contribution in [1.82, 2.24) is 0 Å². The molecular formula is C32H44O7. The van der Waals surface area contributed by atoms with Gasteiger partial charge in [-0.2, -0.15) is 0 Å². The highest BCUT2D eigenvalue weighted by molar-refractivity contribution is 5.92. The van der Waals surface area contributed by atoms with Crippen LogP contribution in [-0.4, -0.2) is 44.2 Å². The Morgan fingerprint density at radius 3 is 1.92 bits per heavy atom. The van der Waals surface area contributed by atoms with Crippen LogP contribution in [0.2, 0.25) is 0 Å². The molecule has 7 heteroatoms. The maximum absolute atomic E-state index is 12.5. The second-order valence-corrected chi connectivity index (χ2v) is 10.0. The first kappa shape index (κ1) is 30.6. The van der Waals surface area contributed by atoms with Gasteiger partial charge in [0.1, 0.15) is 18.1 Å². The third-order valence-corrected chi connectivity index (χ3v) is 6.71. The molecule has 0 saturated carbocycles. The van der Waals surface area contributed by atoms with Gasteiger partial charge in [0.25, 0.3) is 0 Å². The molecule has 0 N–H and O–H groups in total. The summed E-state index contributed by atoms with van der Waals surface area (Å²) in [5, 5.41) is 0. The molecular weight excluding hydrogens is 496 g/mol. The molecule has 1 aliphatic heterocycles. The van der Waals surface area contributed by atoms with Crippen LogP contribution < -0.4 is 9.47 Å². The fraction of sp³-hybridized carbons (Fsp3) is 0.562. The van der Waals surface area contributed by atoms with E-state index in [-0.39, 0.29) is 12.7 Å². The number of ether oxygens (including phenoxy) is 5. The number of hydrogen-bond acceptors (Lipinski definition) is 7. The maximum atomic E-state index is 12.5. The van der Waals surface area contributed by atoms with E-state index >= 15 is 0 Å². The van der Waals surface area contributed by atoms with Gasteiger partial charge in [-0.15, -0.1) is 0 Å². The molecule has 2 aromatic rings. The SMILES string of the molecule is CCCCCCCCOc1ccc(C(=O)Oc2ccc(C(=O)O[C@H]3CO[C@@H](CCCCCC)CO3)cc2)cc1. The first-order valence-electron chi connectivity index (χ1n) is 14.6. The van der Waals surface area contributed by atoms with E-state index in [1.54, 1.807) is 48.5 Å². The van der Waals surface area contributed by atoms with E-state index in [4.69, 9.17) is 23.7 Å². The van der Waals surface area contributed by atoms with Crippen molar-refractivity contribution in [2.45, 2.75) is 96.9 Å². The quantitative estimate of drug-likeness (QED) is 0.117. The summed E-state index contributed by atoms with van der Waals surface area (Å²) in [4.78, 5) is 25.0. The lowest BCUT2D eigenvalue weighted by Gasteiger charge is -2.29. The van der Waals surface area contributed by atoms with Crippen LogP contribution in [0.5, 0.6) is 11.5 Å². The Labute approximate surface area is 233 Å². The number of rotatable bonds is 17. The Morgan fingerprint density at radius 1 is 0.692 bits per heavy atom. The van der Waals surface area contributed by atoms with Gasteiger partial charge in [0.2, 0.25) is 6.29 Å². The minimum Gasteiger partial charge on any atom is -0.494 e. The van der Waals surface area contributed by atoms with Crippen LogP contribution in [0.4, 0.5) is 0 Å². The summed E-state index contributed by atoms with van der Waals surface area (Å²) < 4.78 is 28.1. The average Bonchev–Trinajstić information content (AvgIpc) is 2.96. The Kier molecular flexibility index (Phi) is 13.9. The molecule has 1 fully saturated rings. The van der Waals surface area contributed by atoms with Crippen molar-refractivity contribution < 1.29 is 33.3 Å². The molecule has 2 atom stereocenters. The highest BCUT2D eigenvalue weighted by atomic mass is 16.7. The highest BCUT2D eigenvalue weighted by Crippen LogP contribution is 2.20. The van der Waals surface area contributed by atoms with Crippen molar-refractivity contribution in [2.75, 3.05) is 19.8 Å². The molecule has 0 aromatic heterocycles. The lowest BCUT2D eigenvalue weighted by Crippen LogP contribution is -2.38. The van der Waals surface area contributed by atoms with Gasteiger partial charge in [-0.3, -0.25) is 0 Å². The van der Waals surface area contributed by atoms with E-state index in [0.717, 1.165) is 25.0 Å². The van der Waals surface area contributed by atoms with Gasteiger partial charge in [0, 0.05) is 0 Å². The standard InChI is InChI=1S/C32H44O7/c1-3-5-7-9-10-12-22-35-27-18-14-25(15-19-27)31(33)38-28-20-16-26(17-21-28)32(34)39-30-24-36-29(23-37-30)13-11-8-6-4-2/h14-21,29-30H,3-13,22-24H2,1-2H3/t29-,30-/m0/s1. The van der Waals surface area contributed by atoms with E-state index in [2.05, 4.69) is 13.8 Å². The van der Waals surface area contributed by atoms with Crippen LogP contribution in [0, 0.1) is 0 Å². The predicted octanol–water partition coefficient (Wildman–Crippen LogP) is 7.51. The van der Waals surface area contributed by atoms with Crippen LogP contribution in [0.3, 0.4) is 0 Å². The molecule has 39 heavy (non-hydrogen) atoms. The fourth-order valence-corrected chi connectivity index (χ4v) is 4.33. The van der Waals surface area contributed by atoms with Gasteiger partial charge >= 0.3 is 11.9 Å². The molecule has 0 amide bonds. The predicted molar refractivity (Wildman–Crippen MR) is 150 cm³/mol. The monoisotopic (exact) mass is 540 g/mol. The van der Waals surface area contributed by atoms with Gasteiger partial charge in [0.15, 0.2) is 0 Å². The molecule has 0 aliphatic carbocycles. The summed E-state index contributed by atoms with van der Waals surface area (Å²) in [6.45, 7) is 5.72. The van der Waals surface area contributed by atoms with Crippen molar-refractivity contribution in [2.24, 2.45) is 0 Å². The van der Waals surface area contributed by atoms with E-state index in [0.29, 0.717) is 30.1 Å². The molecule has 2 aromatic carbocycles. The molecule has 214 valence electrons.